The van der Waals surface area contributed by atoms with Crippen molar-refractivity contribution in [3.63, 3.8) is 0 Å². The van der Waals surface area contributed by atoms with Crippen LogP contribution in [0.4, 0.5) is 5.69 Å². The summed E-state index contributed by atoms with van der Waals surface area (Å²) >= 11 is 0. The van der Waals surface area contributed by atoms with E-state index in [1.807, 2.05) is 16.7 Å². The molecule has 0 radical (unpaired) electrons. The molecule has 1 aliphatic rings. The van der Waals surface area contributed by atoms with Crippen molar-refractivity contribution in [2.45, 2.75) is 13.3 Å². The molecule has 4 N–H and O–H groups in total. The van der Waals surface area contributed by atoms with Crippen molar-refractivity contribution in [2.75, 3.05) is 38.5 Å². The number of anilines is 1. The molecule has 0 saturated carbocycles. The Hall–Kier alpha value is -2.08. The Balaban J connectivity index is 2.06. The molecular weight excluding hydrogens is 268 g/mol. The van der Waals surface area contributed by atoms with Crippen molar-refractivity contribution < 1.29 is 9.59 Å². The topological polar surface area (TPSA) is 92.7 Å². The summed E-state index contributed by atoms with van der Waals surface area (Å²) in [5.41, 5.74) is 13.2. The third-order valence-electron chi connectivity index (χ3n) is 3.86. The van der Waals surface area contributed by atoms with E-state index in [4.69, 9.17) is 11.5 Å². The van der Waals surface area contributed by atoms with Crippen LogP contribution in [0, 0.1) is 6.92 Å². The molecule has 6 nitrogen and oxygen atoms in total. The molecule has 0 unspecified atom stereocenters. The van der Waals surface area contributed by atoms with Crippen LogP contribution >= 0.6 is 0 Å². The van der Waals surface area contributed by atoms with Crippen LogP contribution in [0.5, 0.6) is 0 Å². The fourth-order valence-corrected chi connectivity index (χ4v) is 2.61. The van der Waals surface area contributed by atoms with Crippen molar-refractivity contribution >= 4 is 17.5 Å². The maximum atomic E-state index is 12.6. The maximum absolute atomic E-state index is 12.6. The van der Waals surface area contributed by atoms with Gasteiger partial charge in [0.15, 0.2) is 0 Å². The number of nitrogen functional groups attached to an aromatic ring is 1. The van der Waals surface area contributed by atoms with Gasteiger partial charge in [0, 0.05) is 37.4 Å². The quantitative estimate of drug-likeness (QED) is 0.778. The van der Waals surface area contributed by atoms with E-state index < -0.39 is 0 Å². The average molecular weight is 290 g/mol. The summed E-state index contributed by atoms with van der Waals surface area (Å²) in [6.07, 6.45) is 0.834. The normalized spacial score (nSPS) is 16.5. The van der Waals surface area contributed by atoms with Gasteiger partial charge in [-0.05, 0) is 31.0 Å². The third kappa shape index (κ3) is 3.72. The van der Waals surface area contributed by atoms with E-state index in [0.29, 0.717) is 30.9 Å². The first-order valence-corrected chi connectivity index (χ1v) is 7.14. The molecule has 114 valence electrons. The predicted molar refractivity (Wildman–Crippen MR) is 81.7 cm³/mol. The summed E-state index contributed by atoms with van der Waals surface area (Å²) < 4.78 is 0. The van der Waals surface area contributed by atoms with Crippen LogP contribution in [-0.4, -0.2) is 54.3 Å². The lowest BCUT2D eigenvalue weighted by Crippen LogP contribution is -2.38. The molecule has 0 spiro atoms. The molecule has 1 fully saturated rings. The Labute approximate surface area is 124 Å². The lowest BCUT2D eigenvalue weighted by molar-refractivity contribution is -0.119. The largest absolute Gasteiger partial charge is 0.398 e. The van der Waals surface area contributed by atoms with E-state index in [1.54, 1.807) is 18.2 Å². The first-order chi connectivity index (χ1) is 9.99. The van der Waals surface area contributed by atoms with Crippen LogP contribution in [-0.2, 0) is 4.79 Å². The van der Waals surface area contributed by atoms with Crippen molar-refractivity contribution in [3.8, 4) is 0 Å². The molecular formula is C15H22N4O2. The van der Waals surface area contributed by atoms with Gasteiger partial charge >= 0.3 is 0 Å². The first kappa shape index (κ1) is 15.3. The Bertz CT molecular complexity index is 544. The van der Waals surface area contributed by atoms with E-state index in [1.165, 1.54) is 0 Å². The molecule has 0 atom stereocenters. The molecule has 6 heteroatoms. The van der Waals surface area contributed by atoms with Gasteiger partial charge in [-0.15, -0.1) is 0 Å². The van der Waals surface area contributed by atoms with Crippen molar-refractivity contribution in [3.05, 3.63) is 29.3 Å². The van der Waals surface area contributed by atoms with Gasteiger partial charge in [0.2, 0.25) is 5.91 Å². The molecule has 0 bridgehead atoms. The number of amides is 2. The number of primary amides is 1. The average Bonchev–Trinajstić information content (AvgIpc) is 2.66. The van der Waals surface area contributed by atoms with Gasteiger partial charge in [-0.1, -0.05) is 6.07 Å². The Morgan fingerprint density at radius 3 is 2.67 bits per heavy atom. The number of nitrogens with two attached hydrogens (primary N) is 2. The molecule has 0 aliphatic carbocycles. The van der Waals surface area contributed by atoms with Crippen LogP contribution in [0.25, 0.3) is 0 Å². The number of rotatable bonds is 3. The lowest BCUT2D eigenvalue weighted by Gasteiger charge is -2.22. The summed E-state index contributed by atoms with van der Waals surface area (Å²) in [5, 5.41) is 0. The van der Waals surface area contributed by atoms with E-state index >= 15 is 0 Å². The fraction of sp³-hybridized carbons (Fsp3) is 0.467. The zero-order chi connectivity index (χ0) is 15.4. The van der Waals surface area contributed by atoms with Crippen molar-refractivity contribution in [1.82, 2.24) is 9.80 Å². The second-order valence-corrected chi connectivity index (χ2v) is 5.41. The van der Waals surface area contributed by atoms with Crippen molar-refractivity contribution in [1.29, 1.82) is 0 Å². The van der Waals surface area contributed by atoms with E-state index in [-0.39, 0.29) is 18.4 Å². The molecule has 2 amide bonds. The SMILES string of the molecule is Cc1c(N)cccc1C(=O)N1CCCN(CC(N)=O)CC1. The van der Waals surface area contributed by atoms with Gasteiger partial charge in [-0.3, -0.25) is 14.5 Å². The third-order valence-corrected chi connectivity index (χ3v) is 3.86. The molecule has 1 aliphatic heterocycles. The van der Waals surface area contributed by atoms with E-state index in [9.17, 15) is 9.59 Å². The predicted octanol–water partition coefficient (Wildman–Crippen LogP) is 0.210. The summed E-state index contributed by atoms with van der Waals surface area (Å²) in [5.74, 6) is -0.331. The van der Waals surface area contributed by atoms with Crippen LogP contribution in [0.3, 0.4) is 0 Å². The monoisotopic (exact) mass is 290 g/mol. The molecule has 1 saturated heterocycles. The van der Waals surface area contributed by atoms with Crippen LogP contribution in [0.2, 0.25) is 0 Å². The zero-order valence-corrected chi connectivity index (χ0v) is 12.3. The lowest BCUT2D eigenvalue weighted by atomic mass is 10.1. The van der Waals surface area contributed by atoms with Gasteiger partial charge in [0.25, 0.3) is 5.91 Å². The van der Waals surface area contributed by atoms with Gasteiger partial charge in [-0.25, -0.2) is 0 Å². The van der Waals surface area contributed by atoms with Crippen molar-refractivity contribution in [2.24, 2.45) is 5.73 Å². The second kappa shape index (κ2) is 6.58. The maximum Gasteiger partial charge on any atom is 0.254 e. The first-order valence-electron chi connectivity index (χ1n) is 7.14. The standard InChI is InChI=1S/C15H22N4O2/c1-11-12(4-2-5-13(11)16)15(21)19-7-3-6-18(8-9-19)10-14(17)20/h2,4-5H,3,6-10,16H2,1H3,(H2,17,20). The Morgan fingerprint density at radius 1 is 1.19 bits per heavy atom. The van der Waals surface area contributed by atoms with Crippen LogP contribution < -0.4 is 11.5 Å². The summed E-state index contributed by atoms with van der Waals surface area (Å²) in [4.78, 5) is 27.4. The number of hydrogen-bond donors (Lipinski definition) is 2. The minimum atomic E-state index is -0.332. The number of nitrogens with zero attached hydrogens (tertiary/aromatic N) is 2. The molecule has 1 aromatic rings. The van der Waals surface area contributed by atoms with Gasteiger partial charge < -0.3 is 16.4 Å². The minimum absolute atomic E-state index is 0.000671. The summed E-state index contributed by atoms with van der Waals surface area (Å²) in [6, 6.07) is 5.40. The molecule has 1 heterocycles. The Morgan fingerprint density at radius 2 is 1.95 bits per heavy atom. The van der Waals surface area contributed by atoms with Crippen LogP contribution in [0.1, 0.15) is 22.3 Å². The van der Waals surface area contributed by atoms with Gasteiger partial charge in [0.05, 0.1) is 6.54 Å². The van der Waals surface area contributed by atoms with Gasteiger partial charge in [0.1, 0.15) is 0 Å². The number of hydrogen-bond acceptors (Lipinski definition) is 4. The number of carbonyl (C=O) groups is 2. The zero-order valence-electron chi connectivity index (χ0n) is 12.3. The highest BCUT2D eigenvalue weighted by Gasteiger charge is 2.22. The summed E-state index contributed by atoms with van der Waals surface area (Å²) in [7, 11) is 0. The molecule has 0 aromatic heterocycles. The van der Waals surface area contributed by atoms with E-state index in [2.05, 4.69) is 0 Å². The molecule has 1 aromatic carbocycles. The smallest absolute Gasteiger partial charge is 0.254 e. The fourth-order valence-electron chi connectivity index (χ4n) is 2.61. The van der Waals surface area contributed by atoms with E-state index in [0.717, 1.165) is 18.5 Å². The van der Waals surface area contributed by atoms with Crippen LogP contribution in [0.15, 0.2) is 18.2 Å². The number of benzene rings is 1. The molecule has 21 heavy (non-hydrogen) atoms. The summed E-state index contributed by atoms with van der Waals surface area (Å²) in [6.45, 7) is 4.83. The van der Waals surface area contributed by atoms with Gasteiger partial charge in [-0.2, -0.15) is 0 Å². The second-order valence-electron chi connectivity index (χ2n) is 5.41. The minimum Gasteiger partial charge on any atom is -0.398 e. The highest BCUT2D eigenvalue weighted by atomic mass is 16.2. The Kier molecular flexibility index (Phi) is 4.80. The molecule has 2 rings (SSSR count). The highest BCUT2D eigenvalue weighted by Crippen LogP contribution is 2.18. The number of carbonyl (C=O) groups excluding carboxylic acids is 2. The highest BCUT2D eigenvalue weighted by molar-refractivity contribution is 5.96.